The third kappa shape index (κ3) is 3.36. The van der Waals surface area contributed by atoms with Gasteiger partial charge in [0.05, 0.1) is 11.4 Å². The summed E-state index contributed by atoms with van der Waals surface area (Å²) in [4.78, 5) is 13.7. The number of nitrogens with one attached hydrogen (secondary N) is 1. The van der Waals surface area contributed by atoms with E-state index in [4.69, 9.17) is 5.73 Å². The molecule has 0 aliphatic carbocycles. The number of carbonyl (C=O) groups is 1. The molecule has 0 unspecified atom stereocenters. The van der Waals surface area contributed by atoms with Crippen LogP contribution in [0.2, 0.25) is 0 Å². The Kier molecular flexibility index (Phi) is 4.74. The van der Waals surface area contributed by atoms with Gasteiger partial charge in [-0.15, -0.1) is 0 Å². The zero-order valence-electron chi connectivity index (χ0n) is 11.2. The van der Waals surface area contributed by atoms with Crippen LogP contribution < -0.4 is 10.5 Å². The van der Waals surface area contributed by atoms with Crippen molar-refractivity contribution in [2.75, 3.05) is 19.6 Å². The summed E-state index contributed by atoms with van der Waals surface area (Å²) in [6.45, 7) is 1.35. The van der Waals surface area contributed by atoms with E-state index in [9.17, 15) is 13.2 Å². The van der Waals surface area contributed by atoms with Gasteiger partial charge in [0.25, 0.3) is 0 Å². The van der Waals surface area contributed by atoms with Crippen molar-refractivity contribution in [3.63, 3.8) is 0 Å². The standard InChI is InChI=1S/C13H19N3O3S/c14-9-11-5-1-2-6-12(11)20(18,19)15-10-13(17)16-7-3-4-8-16/h1-2,5-6,15H,3-4,7-10,14H2. The molecular formula is C13H19N3O3S. The minimum Gasteiger partial charge on any atom is -0.342 e. The molecule has 0 radical (unpaired) electrons. The minimum absolute atomic E-state index is 0.136. The normalized spacial score (nSPS) is 15.6. The highest BCUT2D eigenvalue weighted by atomic mass is 32.2. The van der Waals surface area contributed by atoms with Crippen LogP contribution in [0.25, 0.3) is 0 Å². The Balaban J connectivity index is 2.05. The second-order valence-corrected chi connectivity index (χ2v) is 6.46. The Hall–Kier alpha value is -1.44. The maximum absolute atomic E-state index is 12.2. The van der Waals surface area contributed by atoms with Gasteiger partial charge in [0.2, 0.25) is 15.9 Å². The lowest BCUT2D eigenvalue weighted by Crippen LogP contribution is -2.38. The summed E-state index contributed by atoms with van der Waals surface area (Å²) in [5.41, 5.74) is 6.07. The molecule has 1 aromatic rings. The summed E-state index contributed by atoms with van der Waals surface area (Å²) >= 11 is 0. The Labute approximate surface area is 119 Å². The molecule has 1 amide bonds. The largest absolute Gasteiger partial charge is 0.342 e. The quantitative estimate of drug-likeness (QED) is 0.803. The van der Waals surface area contributed by atoms with Crippen LogP contribution in [0.5, 0.6) is 0 Å². The number of amides is 1. The predicted molar refractivity (Wildman–Crippen MR) is 75.3 cm³/mol. The molecule has 1 aliphatic rings. The van der Waals surface area contributed by atoms with E-state index in [0.29, 0.717) is 18.7 Å². The van der Waals surface area contributed by atoms with Crippen LogP contribution in [-0.2, 0) is 21.4 Å². The number of hydrogen-bond donors (Lipinski definition) is 2. The third-order valence-electron chi connectivity index (χ3n) is 3.35. The fourth-order valence-electron chi connectivity index (χ4n) is 2.25. The predicted octanol–water partition coefficient (Wildman–Crippen LogP) is 0.0460. The van der Waals surface area contributed by atoms with Crippen molar-refractivity contribution in [3.05, 3.63) is 29.8 Å². The van der Waals surface area contributed by atoms with Crippen LogP contribution in [0.4, 0.5) is 0 Å². The lowest BCUT2D eigenvalue weighted by Gasteiger charge is -2.16. The van der Waals surface area contributed by atoms with E-state index in [1.54, 1.807) is 23.1 Å². The van der Waals surface area contributed by atoms with E-state index < -0.39 is 10.0 Å². The maximum Gasteiger partial charge on any atom is 0.241 e. The number of nitrogens with two attached hydrogens (primary N) is 1. The minimum atomic E-state index is -3.71. The first-order chi connectivity index (χ1) is 9.54. The van der Waals surface area contributed by atoms with Crippen molar-refractivity contribution in [1.29, 1.82) is 0 Å². The maximum atomic E-state index is 12.2. The number of hydrogen-bond acceptors (Lipinski definition) is 4. The fourth-order valence-corrected chi connectivity index (χ4v) is 3.47. The molecule has 1 heterocycles. The molecule has 1 fully saturated rings. The number of sulfonamides is 1. The molecule has 6 nitrogen and oxygen atoms in total. The highest BCUT2D eigenvalue weighted by molar-refractivity contribution is 7.89. The first kappa shape index (κ1) is 15.0. The highest BCUT2D eigenvalue weighted by Crippen LogP contribution is 2.14. The van der Waals surface area contributed by atoms with Crippen LogP contribution in [-0.4, -0.2) is 38.9 Å². The van der Waals surface area contributed by atoms with E-state index in [1.807, 2.05) is 0 Å². The van der Waals surface area contributed by atoms with Crippen molar-refractivity contribution in [1.82, 2.24) is 9.62 Å². The van der Waals surface area contributed by atoms with Crippen molar-refractivity contribution in [3.8, 4) is 0 Å². The smallest absolute Gasteiger partial charge is 0.241 e. The molecule has 1 saturated heterocycles. The van der Waals surface area contributed by atoms with Gasteiger partial charge in [-0.2, -0.15) is 0 Å². The van der Waals surface area contributed by atoms with Gasteiger partial charge >= 0.3 is 0 Å². The summed E-state index contributed by atoms with van der Waals surface area (Å²) < 4.78 is 26.7. The lowest BCUT2D eigenvalue weighted by atomic mass is 10.2. The van der Waals surface area contributed by atoms with Gasteiger partial charge in [-0.1, -0.05) is 18.2 Å². The second kappa shape index (κ2) is 6.34. The van der Waals surface area contributed by atoms with Crippen molar-refractivity contribution in [2.24, 2.45) is 5.73 Å². The number of likely N-dealkylation sites (tertiary alicyclic amines) is 1. The van der Waals surface area contributed by atoms with Crippen LogP contribution in [0, 0.1) is 0 Å². The molecular weight excluding hydrogens is 278 g/mol. The first-order valence-corrected chi connectivity index (χ1v) is 8.08. The van der Waals surface area contributed by atoms with Gasteiger partial charge < -0.3 is 10.6 Å². The Morgan fingerprint density at radius 2 is 1.90 bits per heavy atom. The molecule has 0 spiro atoms. The molecule has 1 aromatic carbocycles. The zero-order valence-corrected chi connectivity index (χ0v) is 12.0. The van der Waals surface area contributed by atoms with Gasteiger partial charge in [0.1, 0.15) is 0 Å². The number of benzene rings is 1. The second-order valence-electron chi connectivity index (χ2n) is 4.72. The molecule has 0 saturated carbocycles. The summed E-state index contributed by atoms with van der Waals surface area (Å²) in [5, 5.41) is 0. The zero-order chi connectivity index (χ0) is 14.6. The van der Waals surface area contributed by atoms with Crippen LogP contribution in [0.1, 0.15) is 18.4 Å². The van der Waals surface area contributed by atoms with E-state index in [0.717, 1.165) is 12.8 Å². The Bertz CT molecular complexity index is 580. The van der Waals surface area contributed by atoms with Gasteiger partial charge in [0, 0.05) is 19.6 Å². The van der Waals surface area contributed by atoms with E-state index in [1.165, 1.54) is 6.07 Å². The molecule has 20 heavy (non-hydrogen) atoms. The van der Waals surface area contributed by atoms with E-state index in [-0.39, 0.29) is 23.9 Å². The van der Waals surface area contributed by atoms with E-state index in [2.05, 4.69) is 4.72 Å². The molecule has 110 valence electrons. The van der Waals surface area contributed by atoms with Crippen molar-refractivity contribution < 1.29 is 13.2 Å². The Morgan fingerprint density at radius 3 is 2.55 bits per heavy atom. The number of carbonyl (C=O) groups excluding carboxylic acids is 1. The first-order valence-electron chi connectivity index (χ1n) is 6.60. The topological polar surface area (TPSA) is 92.5 Å². The summed E-state index contributed by atoms with van der Waals surface area (Å²) in [5.74, 6) is -0.184. The van der Waals surface area contributed by atoms with Crippen molar-refractivity contribution in [2.45, 2.75) is 24.3 Å². The molecule has 0 atom stereocenters. The highest BCUT2D eigenvalue weighted by Gasteiger charge is 2.22. The SMILES string of the molecule is NCc1ccccc1S(=O)(=O)NCC(=O)N1CCCC1. The Morgan fingerprint density at radius 1 is 1.25 bits per heavy atom. The van der Waals surface area contributed by atoms with Gasteiger partial charge in [-0.05, 0) is 24.5 Å². The third-order valence-corrected chi connectivity index (χ3v) is 4.86. The monoisotopic (exact) mass is 297 g/mol. The van der Waals surface area contributed by atoms with Crippen LogP contribution >= 0.6 is 0 Å². The molecule has 0 aromatic heterocycles. The molecule has 3 N–H and O–H groups in total. The van der Waals surface area contributed by atoms with Crippen LogP contribution in [0.3, 0.4) is 0 Å². The molecule has 2 rings (SSSR count). The van der Waals surface area contributed by atoms with E-state index >= 15 is 0 Å². The lowest BCUT2D eigenvalue weighted by molar-refractivity contribution is -0.128. The molecule has 0 bridgehead atoms. The number of rotatable bonds is 5. The summed E-state index contributed by atoms with van der Waals surface area (Å²) in [7, 11) is -3.71. The number of nitrogens with zero attached hydrogens (tertiary/aromatic N) is 1. The fraction of sp³-hybridized carbons (Fsp3) is 0.462. The summed E-state index contributed by atoms with van der Waals surface area (Å²) in [6.07, 6.45) is 1.96. The molecule has 7 heteroatoms. The van der Waals surface area contributed by atoms with Gasteiger partial charge in [-0.25, -0.2) is 13.1 Å². The molecule has 1 aliphatic heterocycles. The summed E-state index contributed by atoms with van der Waals surface area (Å²) in [6, 6.07) is 6.52. The van der Waals surface area contributed by atoms with Gasteiger partial charge in [-0.3, -0.25) is 4.79 Å². The van der Waals surface area contributed by atoms with Crippen LogP contribution in [0.15, 0.2) is 29.2 Å². The van der Waals surface area contributed by atoms with Crippen molar-refractivity contribution >= 4 is 15.9 Å². The average molecular weight is 297 g/mol. The van der Waals surface area contributed by atoms with Gasteiger partial charge in [0.15, 0.2) is 0 Å². The average Bonchev–Trinajstić information content (AvgIpc) is 2.99.